The molecule has 3 atom stereocenters. The number of hydrogen-bond donors (Lipinski definition) is 3. The molecule has 0 bridgehead atoms. The first-order valence-electron chi connectivity index (χ1n) is 16.6. The molecule has 6 rings (SSSR count). The second kappa shape index (κ2) is 13.6. The Bertz CT molecular complexity index is 786. The van der Waals surface area contributed by atoms with E-state index in [-0.39, 0.29) is 0 Å². The molecule has 10 heteroatoms. The molecule has 0 aromatic rings. The van der Waals surface area contributed by atoms with Gasteiger partial charge in [-0.25, -0.2) is 4.90 Å². The predicted molar refractivity (Wildman–Crippen MR) is 175 cm³/mol. The van der Waals surface area contributed by atoms with Crippen LogP contribution in [0.2, 0.25) is 0 Å². The van der Waals surface area contributed by atoms with Crippen LogP contribution >= 0.6 is 36.7 Å². The molecule has 0 aromatic heterocycles. The molecule has 0 radical (unpaired) electrons. The second-order valence-electron chi connectivity index (χ2n) is 13.2. The monoisotopic (exact) mass is 605 g/mol. The van der Waals surface area contributed by atoms with Crippen LogP contribution in [0.4, 0.5) is 0 Å². The zero-order valence-corrected chi connectivity index (χ0v) is 26.8. The molecule has 6 aliphatic rings. The highest BCUT2D eigenvalue weighted by atomic mass is 32.1. The minimum Gasteiger partial charge on any atom is -0.360 e. The van der Waals surface area contributed by atoms with Crippen LogP contribution in [0.1, 0.15) is 116 Å². The van der Waals surface area contributed by atoms with E-state index in [9.17, 15) is 0 Å². The van der Waals surface area contributed by atoms with Gasteiger partial charge in [0.25, 0.3) is 0 Å². The van der Waals surface area contributed by atoms with Crippen LogP contribution in [0.15, 0.2) is 0 Å². The first kappa shape index (κ1) is 29.1. The van der Waals surface area contributed by atoms with Crippen molar-refractivity contribution in [3.05, 3.63) is 0 Å². The Morgan fingerprint density at radius 2 is 0.675 bits per heavy atom. The van der Waals surface area contributed by atoms with Gasteiger partial charge in [0.2, 0.25) is 0 Å². The molecule has 0 amide bonds. The molecule has 0 aromatic carbocycles. The Labute approximate surface area is 258 Å². The van der Waals surface area contributed by atoms with Crippen molar-refractivity contribution in [2.45, 2.75) is 152 Å². The van der Waals surface area contributed by atoms with Crippen molar-refractivity contribution >= 4 is 52.0 Å². The van der Waals surface area contributed by atoms with Gasteiger partial charge in [0, 0.05) is 37.8 Å². The maximum absolute atomic E-state index is 6.12. The minimum absolute atomic E-state index is 0.293. The predicted octanol–water partition coefficient (Wildman–Crippen LogP) is 5.01. The largest absolute Gasteiger partial charge is 0.360 e. The topological polar surface area (TPSA) is 49.1 Å². The number of rotatable bonds is 3. The Morgan fingerprint density at radius 3 is 0.950 bits per heavy atom. The third kappa shape index (κ3) is 6.50. The lowest BCUT2D eigenvalue weighted by molar-refractivity contribution is -0.156. The fourth-order valence-electron chi connectivity index (χ4n) is 8.43. The minimum atomic E-state index is 0.293. The van der Waals surface area contributed by atoms with E-state index in [0.717, 1.165) is 54.2 Å². The lowest BCUT2D eigenvalue weighted by atomic mass is 9.95. The van der Waals surface area contributed by atoms with Crippen molar-refractivity contribution in [1.29, 1.82) is 0 Å². The molecule has 3 aliphatic heterocycles. The zero-order valence-electron chi connectivity index (χ0n) is 24.3. The molecule has 40 heavy (non-hydrogen) atoms. The molecular formula is C30H51N7S3. The van der Waals surface area contributed by atoms with Crippen molar-refractivity contribution < 1.29 is 0 Å². The maximum Gasteiger partial charge on any atom is 0.170 e. The molecule has 3 aliphatic carbocycles. The summed E-state index contributed by atoms with van der Waals surface area (Å²) in [4.78, 5) is 10.3. The molecule has 0 spiro atoms. The summed E-state index contributed by atoms with van der Waals surface area (Å²) < 4.78 is 0. The average molecular weight is 606 g/mol. The van der Waals surface area contributed by atoms with Crippen LogP contribution in [0.3, 0.4) is 0 Å². The van der Waals surface area contributed by atoms with Gasteiger partial charge in [0.15, 0.2) is 15.3 Å². The normalized spacial score (nSPS) is 30.9. The number of hydrogen-bond acceptors (Lipinski definition) is 4. The molecule has 3 saturated carbocycles. The lowest BCUT2D eigenvalue weighted by Crippen LogP contribution is -2.77. The maximum atomic E-state index is 6.12. The van der Waals surface area contributed by atoms with Crippen LogP contribution in [0, 0.1) is 0 Å². The fraction of sp³-hybridized carbons (Fsp3) is 0.900. The van der Waals surface area contributed by atoms with E-state index in [4.69, 9.17) is 36.7 Å². The van der Waals surface area contributed by atoms with Gasteiger partial charge in [-0.15, -0.1) is 0 Å². The van der Waals surface area contributed by atoms with Crippen molar-refractivity contribution in [2.75, 3.05) is 19.6 Å². The van der Waals surface area contributed by atoms with Crippen molar-refractivity contribution in [1.82, 2.24) is 35.6 Å². The van der Waals surface area contributed by atoms with Crippen LogP contribution in [-0.4, -0.2) is 91.2 Å². The van der Waals surface area contributed by atoms with E-state index in [1.807, 2.05) is 0 Å². The number of nitrogens with zero attached hydrogens (tertiary/aromatic N) is 4. The van der Waals surface area contributed by atoms with Crippen LogP contribution < -0.4 is 16.0 Å². The summed E-state index contributed by atoms with van der Waals surface area (Å²) in [7, 11) is 0. The fourth-order valence-corrected chi connectivity index (χ4v) is 9.57. The van der Waals surface area contributed by atoms with E-state index < -0.39 is 0 Å². The van der Waals surface area contributed by atoms with Crippen LogP contribution in [0.5, 0.6) is 0 Å². The van der Waals surface area contributed by atoms with Crippen LogP contribution in [-0.2, 0) is 0 Å². The summed E-state index contributed by atoms with van der Waals surface area (Å²) in [5.41, 5.74) is 0. The van der Waals surface area contributed by atoms with E-state index in [1.54, 1.807) is 0 Å². The first-order chi connectivity index (χ1) is 19.6. The van der Waals surface area contributed by atoms with E-state index in [1.165, 1.54) is 96.3 Å². The average Bonchev–Trinajstić information content (AvgIpc) is 2.99. The summed E-state index contributed by atoms with van der Waals surface area (Å²) in [5.74, 6) is 0. The van der Waals surface area contributed by atoms with Gasteiger partial charge in [0.1, 0.15) is 0 Å². The molecule has 3 N–H and O–H groups in total. The van der Waals surface area contributed by atoms with Crippen LogP contribution in [0.25, 0.3) is 0 Å². The Balaban J connectivity index is 1.18. The smallest absolute Gasteiger partial charge is 0.170 e. The van der Waals surface area contributed by atoms with Gasteiger partial charge >= 0.3 is 0 Å². The quantitative estimate of drug-likeness (QED) is 0.383. The molecule has 7 nitrogen and oxygen atoms in total. The van der Waals surface area contributed by atoms with Gasteiger partial charge in [0.05, 0.1) is 18.5 Å². The number of nitrogens with one attached hydrogen (secondary N) is 3. The highest BCUT2D eigenvalue weighted by molar-refractivity contribution is 7.80. The Kier molecular flexibility index (Phi) is 9.87. The van der Waals surface area contributed by atoms with E-state index >= 15 is 0 Å². The molecule has 3 heterocycles. The van der Waals surface area contributed by atoms with E-state index in [2.05, 4.69) is 35.6 Å². The molecule has 3 unspecified atom stereocenters. The molecule has 6 fully saturated rings. The summed E-state index contributed by atoms with van der Waals surface area (Å²) in [6, 6.07) is 1.60. The molecule has 3 saturated heterocycles. The van der Waals surface area contributed by atoms with Crippen molar-refractivity contribution in [3.8, 4) is 0 Å². The molecular weight excluding hydrogens is 555 g/mol. The second-order valence-corrected chi connectivity index (χ2v) is 14.3. The van der Waals surface area contributed by atoms with E-state index in [0.29, 0.717) is 36.6 Å². The van der Waals surface area contributed by atoms with Gasteiger partial charge in [-0.05, 0) is 94.4 Å². The summed E-state index contributed by atoms with van der Waals surface area (Å²) in [6.07, 6.45) is 23.5. The zero-order chi connectivity index (χ0) is 27.5. The summed E-state index contributed by atoms with van der Waals surface area (Å²) in [6.45, 7) is 2.97. The highest BCUT2D eigenvalue weighted by Crippen LogP contribution is 2.37. The Hall–Kier alpha value is -0.970. The highest BCUT2D eigenvalue weighted by Gasteiger charge is 2.51. The lowest BCUT2D eigenvalue weighted by Gasteiger charge is -2.62. The third-order valence-electron chi connectivity index (χ3n) is 10.6. The summed E-state index contributed by atoms with van der Waals surface area (Å²) in [5, 5.41) is 14.3. The molecule has 224 valence electrons. The summed E-state index contributed by atoms with van der Waals surface area (Å²) >= 11 is 18.4. The van der Waals surface area contributed by atoms with Crippen molar-refractivity contribution in [3.63, 3.8) is 0 Å². The first-order valence-corrected chi connectivity index (χ1v) is 17.8. The van der Waals surface area contributed by atoms with Gasteiger partial charge in [-0.3, -0.25) is 0 Å². The number of thiocarbonyl (C=S) groups is 3. The van der Waals surface area contributed by atoms with Gasteiger partial charge < -0.3 is 30.7 Å². The SMILES string of the molecule is S=C(NC1CCCCC1)N1CCC2N(C(=S)NC3CCCCC3)CCC3N(C(=S)NC4CCCCC4)CCC1N23. The Morgan fingerprint density at radius 1 is 0.400 bits per heavy atom. The van der Waals surface area contributed by atoms with Gasteiger partial charge in [-0.1, -0.05) is 57.8 Å². The third-order valence-corrected chi connectivity index (χ3v) is 11.6. The van der Waals surface area contributed by atoms with Gasteiger partial charge in [-0.2, -0.15) is 0 Å². The van der Waals surface area contributed by atoms with Crippen molar-refractivity contribution in [2.24, 2.45) is 0 Å². The standard InChI is InChI=1S/C30H51N7S3/c38-28(31-22-10-4-1-5-11-22)34-19-16-26-36(30(40)33-24-14-8-3-9-15-24)21-18-27-35(20-17-25(34)37(26)27)29(39)32-23-12-6-2-7-13-23/h22-27H,1-21H2,(H,31,38)(H,32,39)(H,33,40).